The lowest BCUT2D eigenvalue weighted by Crippen LogP contribution is -2.28. The Kier molecular flexibility index (Phi) is 3.18. The van der Waals surface area contributed by atoms with Crippen LogP contribution in [0, 0.1) is 5.92 Å². The minimum Gasteiger partial charge on any atom is -0.322 e. The number of anilines is 2. The molecule has 4 rings (SSSR count). The molecule has 0 saturated heterocycles. The third-order valence-corrected chi connectivity index (χ3v) is 4.69. The van der Waals surface area contributed by atoms with Gasteiger partial charge in [-0.3, -0.25) is 9.59 Å². The number of nitrogens with zero attached hydrogens (tertiary/aromatic N) is 1. The summed E-state index contributed by atoms with van der Waals surface area (Å²) in [6.45, 7) is 4.25. The Morgan fingerprint density at radius 2 is 2.13 bits per heavy atom. The standard InChI is InChI=1S/C19H18N2O2/c1-2-17(22)20-15-8-9-16-18-13(15)4-3-5-14(18)19(23)21(16)11-10-12-6-7-12/h2-5,8-9,12H,1,6-7,10-11H2,(H,20,22). The lowest BCUT2D eigenvalue weighted by molar-refractivity contribution is -0.111. The van der Waals surface area contributed by atoms with Crippen molar-refractivity contribution >= 4 is 34.0 Å². The predicted octanol–water partition coefficient (Wildman–Crippen LogP) is 3.72. The van der Waals surface area contributed by atoms with E-state index in [1.807, 2.05) is 35.2 Å². The maximum absolute atomic E-state index is 12.7. The first kappa shape index (κ1) is 14.0. The lowest BCUT2D eigenvalue weighted by atomic mass is 10.0. The summed E-state index contributed by atoms with van der Waals surface area (Å²) in [5, 5.41) is 4.66. The monoisotopic (exact) mass is 306 g/mol. The van der Waals surface area contributed by atoms with Crippen LogP contribution in [0.3, 0.4) is 0 Å². The van der Waals surface area contributed by atoms with Crippen molar-refractivity contribution in [1.29, 1.82) is 0 Å². The average Bonchev–Trinajstić information content (AvgIpc) is 3.35. The molecular formula is C19H18N2O2. The summed E-state index contributed by atoms with van der Waals surface area (Å²) < 4.78 is 0. The fourth-order valence-corrected chi connectivity index (χ4v) is 3.28. The van der Waals surface area contributed by atoms with Crippen LogP contribution in [0.25, 0.3) is 10.8 Å². The number of hydrogen-bond donors (Lipinski definition) is 1. The molecule has 0 bridgehead atoms. The van der Waals surface area contributed by atoms with Crippen molar-refractivity contribution in [3.05, 3.63) is 48.6 Å². The number of amides is 2. The minimum atomic E-state index is -0.249. The molecule has 1 heterocycles. The molecule has 23 heavy (non-hydrogen) atoms. The highest BCUT2D eigenvalue weighted by molar-refractivity contribution is 6.27. The molecule has 1 aliphatic carbocycles. The van der Waals surface area contributed by atoms with E-state index in [1.54, 1.807) is 0 Å². The van der Waals surface area contributed by atoms with Crippen molar-refractivity contribution in [3.8, 4) is 0 Å². The highest BCUT2D eigenvalue weighted by atomic mass is 16.2. The first-order valence-electron chi connectivity index (χ1n) is 8.00. The van der Waals surface area contributed by atoms with Gasteiger partial charge in [-0.2, -0.15) is 0 Å². The highest BCUT2D eigenvalue weighted by Gasteiger charge is 2.32. The number of benzene rings is 2. The molecule has 0 radical (unpaired) electrons. The summed E-state index contributed by atoms with van der Waals surface area (Å²) in [4.78, 5) is 26.2. The second-order valence-electron chi connectivity index (χ2n) is 6.24. The van der Waals surface area contributed by atoms with Gasteiger partial charge in [0.15, 0.2) is 0 Å². The van der Waals surface area contributed by atoms with E-state index in [9.17, 15) is 9.59 Å². The molecule has 2 aromatic carbocycles. The van der Waals surface area contributed by atoms with Crippen LogP contribution in [0.15, 0.2) is 43.0 Å². The van der Waals surface area contributed by atoms with Gasteiger partial charge in [-0.25, -0.2) is 0 Å². The van der Waals surface area contributed by atoms with Crippen molar-refractivity contribution in [2.75, 3.05) is 16.8 Å². The van der Waals surface area contributed by atoms with E-state index < -0.39 is 0 Å². The summed E-state index contributed by atoms with van der Waals surface area (Å²) in [6.07, 6.45) is 4.89. The maximum atomic E-state index is 12.7. The Labute approximate surface area is 134 Å². The van der Waals surface area contributed by atoms with E-state index in [4.69, 9.17) is 0 Å². The molecule has 4 heteroatoms. The fourth-order valence-electron chi connectivity index (χ4n) is 3.28. The molecule has 4 nitrogen and oxygen atoms in total. The maximum Gasteiger partial charge on any atom is 0.258 e. The Morgan fingerprint density at radius 1 is 1.30 bits per heavy atom. The first-order chi connectivity index (χ1) is 11.2. The summed E-state index contributed by atoms with van der Waals surface area (Å²) in [6, 6.07) is 9.48. The molecule has 0 spiro atoms. The average molecular weight is 306 g/mol. The van der Waals surface area contributed by atoms with Crippen LogP contribution in [0.1, 0.15) is 29.6 Å². The van der Waals surface area contributed by atoms with Crippen LogP contribution in [0.2, 0.25) is 0 Å². The van der Waals surface area contributed by atoms with E-state index in [-0.39, 0.29) is 11.8 Å². The van der Waals surface area contributed by atoms with Crippen LogP contribution >= 0.6 is 0 Å². The number of carbonyl (C=O) groups is 2. The minimum absolute atomic E-state index is 0.0680. The van der Waals surface area contributed by atoms with E-state index in [1.165, 1.54) is 18.9 Å². The van der Waals surface area contributed by atoms with Gasteiger partial charge in [-0.1, -0.05) is 31.6 Å². The Bertz CT molecular complexity index is 837. The van der Waals surface area contributed by atoms with Gasteiger partial charge in [0, 0.05) is 28.6 Å². The molecule has 0 atom stereocenters. The van der Waals surface area contributed by atoms with Crippen molar-refractivity contribution in [3.63, 3.8) is 0 Å². The zero-order valence-corrected chi connectivity index (χ0v) is 12.8. The number of carbonyl (C=O) groups excluding carboxylic acids is 2. The molecule has 116 valence electrons. The van der Waals surface area contributed by atoms with E-state index in [0.717, 1.165) is 40.9 Å². The predicted molar refractivity (Wildman–Crippen MR) is 91.8 cm³/mol. The summed E-state index contributed by atoms with van der Waals surface area (Å²) in [5.41, 5.74) is 2.40. The number of rotatable bonds is 5. The lowest BCUT2D eigenvalue weighted by Gasteiger charge is -2.18. The molecule has 1 aliphatic heterocycles. The zero-order valence-electron chi connectivity index (χ0n) is 12.8. The van der Waals surface area contributed by atoms with Crippen molar-refractivity contribution in [2.45, 2.75) is 19.3 Å². The van der Waals surface area contributed by atoms with E-state index in [0.29, 0.717) is 5.69 Å². The van der Waals surface area contributed by atoms with Gasteiger partial charge in [-0.15, -0.1) is 0 Å². The molecular weight excluding hydrogens is 288 g/mol. The molecule has 0 unspecified atom stereocenters. The Morgan fingerprint density at radius 3 is 2.87 bits per heavy atom. The second-order valence-corrected chi connectivity index (χ2v) is 6.24. The van der Waals surface area contributed by atoms with Gasteiger partial charge in [-0.05, 0) is 36.6 Å². The fraction of sp³-hybridized carbons (Fsp3) is 0.263. The third kappa shape index (κ3) is 2.31. The van der Waals surface area contributed by atoms with Crippen LogP contribution < -0.4 is 10.2 Å². The number of hydrogen-bond acceptors (Lipinski definition) is 2. The molecule has 2 amide bonds. The van der Waals surface area contributed by atoms with Crippen LogP contribution in [0.4, 0.5) is 11.4 Å². The van der Waals surface area contributed by atoms with E-state index >= 15 is 0 Å². The highest BCUT2D eigenvalue weighted by Crippen LogP contribution is 2.41. The van der Waals surface area contributed by atoms with Crippen molar-refractivity contribution in [2.24, 2.45) is 5.92 Å². The van der Waals surface area contributed by atoms with Crippen molar-refractivity contribution < 1.29 is 9.59 Å². The van der Waals surface area contributed by atoms with Crippen LogP contribution in [0.5, 0.6) is 0 Å². The quantitative estimate of drug-likeness (QED) is 0.856. The normalized spacial score (nSPS) is 16.0. The molecule has 1 N–H and O–H groups in total. The first-order valence-corrected chi connectivity index (χ1v) is 8.00. The van der Waals surface area contributed by atoms with Crippen LogP contribution in [-0.4, -0.2) is 18.4 Å². The molecule has 1 saturated carbocycles. The van der Waals surface area contributed by atoms with Gasteiger partial charge in [0.1, 0.15) is 0 Å². The molecule has 1 fully saturated rings. The zero-order chi connectivity index (χ0) is 16.0. The summed E-state index contributed by atoms with van der Waals surface area (Å²) >= 11 is 0. The van der Waals surface area contributed by atoms with Gasteiger partial charge in [0.2, 0.25) is 5.91 Å². The summed E-state index contributed by atoms with van der Waals surface area (Å²) in [5.74, 6) is 0.604. The van der Waals surface area contributed by atoms with Gasteiger partial charge in [0.05, 0.1) is 5.69 Å². The smallest absolute Gasteiger partial charge is 0.258 e. The second kappa shape index (κ2) is 5.23. The SMILES string of the molecule is C=CC(=O)Nc1ccc2c3c(cccc13)C(=O)N2CCC1CC1. The summed E-state index contributed by atoms with van der Waals surface area (Å²) in [7, 11) is 0. The molecule has 2 aliphatic rings. The van der Waals surface area contributed by atoms with Gasteiger partial charge < -0.3 is 10.2 Å². The third-order valence-electron chi connectivity index (χ3n) is 4.69. The van der Waals surface area contributed by atoms with Crippen LogP contribution in [-0.2, 0) is 4.79 Å². The largest absolute Gasteiger partial charge is 0.322 e. The molecule has 0 aromatic heterocycles. The van der Waals surface area contributed by atoms with Gasteiger partial charge in [0.25, 0.3) is 5.91 Å². The topological polar surface area (TPSA) is 49.4 Å². The van der Waals surface area contributed by atoms with Gasteiger partial charge >= 0.3 is 0 Å². The number of nitrogens with one attached hydrogen (secondary N) is 1. The Hall–Kier alpha value is -2.62. The Balaban J connectivity index is 1.77. The molecule has 2 aromatic rings. The van der Waals surface area contributed by atoms with E-state index in [2.05, 4.69) is 11.9 Å². The van der Waals surface area contributed by atoms with Crippen molar-refractivity contribution in [1.82, 2.24) is 0 Å².